The number of aromatic hydroxyl groups is 1. The lowest BCUT2D eigenvalue weighted by Crippen LogP contribution is -2.51. The number of aliphatic imine (C=N–C) groups is 1. The molecule has 0 saturated carbocycles. The molecular formula is C25H40N8O5. The summed E-state index contributed by atoms with van der Waals surface area (Å²) in [5.74, 6) is -1.59. The minimum atomic E-state index is -0.898. The molecule has 1 aromatic carbocycles. The van der Waals surface area contributed by atoms with Crippen molar-refractivity contribution in [3.8, 4) is 5.75 Å². The number of likely N-dealkylation sites (tertiary alicyclic amines) is 1. The summed E-state index contributed by atoms with van der Waals surface area (Å²) in [6.07, 6.45) is 2.97. The molecule has 210 valence electrons. The SMILES string of the molecule is NCCC[C@H](CC(=O)N[C@@H](CCCN=C(N)N)C(N)=O)NC(=O)[C@@H]1CCCN1C(=O)Cc1ccc(O)cc1. The van der Waals surface area contributed by atoms with Gasteiger partial charge in [0, 0.05) is 25.6 Å². The van der Waals surface area contributed by atoms with Crippen molar-refractivity contribution in [1.82, 2.24) is 15.5 Å². The van der Waals surface area contributed by atoms with E-state index in [9.17, 15) is 24.3 Å². The van der Waals surface area contributed by atoms with E-state index in [0.29, 0.717) is 51.7 Å². The maximum absolute atomic E-state index is 13.2. The van der Waals surface area contributed by atoms with Crippen LogP contribution in [0.2, 0.25) is 0 Å². The molecule has 0 bridgehead atoms. The first-order valence-electron chi connectivity index (χ1n) is 12.8. The van der Waals surface area contributed by atoms with Crippen LogP contribution in [0.5, 0.6) is 5.75 Å². The molecule has 0 radical (unpaired) electrons. The Hall–Kier alpha value is -3.87. The summed E-state index contributed by atoms with van der Waals surface area (Å²) < 4.78 is 0. The summed E-state index contributed by atoms with van der Waals surface area (Å²) in [5, 5.41) is 15.0. The zero-order valence-electron chi connectivity index (χ0n) is 21.6. The van der Waals surface area contributed by atoms with Crippen LogP contribution in [0.1, 0.15) is 50.5 Å². The molecule has 0 unspecified atom stereocenters. The molecule has 13 nitrogen and oxygen atoms in total. The zero-order chi connectivity index (χ0) is 28.1. The number of nitrogens with two attached hydrogens (primary N) is 4. The van der Waals surface area contributed by atoms with Crippen molar-refractivity contribution in [2.24, 2.45) is 27.9 Å². The Balaban J connectivity index is 1.96. The van der Waals surface area contributed by atoms with E-state index in [2.05, 4.69) is 15.6 Å². The normalized spacial score (nSPS) is 16.3. The quantitative estimate of drug-likeness (QED) is 0.0801. The second-order valence-corrected chi connectivity index (χ2v) is 9.40. The van der Waals surface area contributed by atoms with E-state index in [1.54, 1.807) is 17.0 Å². The highest BCUT2D eigenvalue weighted by Gasteiger charge is 2.35. The summed E-state index contributed by atoms with van der Waals surface area (Å²) in [4.78, 5) is 56.0. The standard InChI is InChI=1S/C25H40N8O5/c26-11-1-4-17(15-21(35)32-19(23(27)37)5-2-12-30-25(28)29)31-24(38)20-6-3-13-33(20)22(36)14-16-7-9-18(34)10-8-16/h7-10,17,19-20,34H,1-6,11-15,26H2,(H2,27,37)(H,31,38)(H,32,35)(H4,28,29,30)/t17-,19+,20+/m1/s1. The van der Waals surface area contributed by atoms with Crippen LogP contribution in [0.15, 0.2) is 29.3 Å². The average molecular weight is 533 g/mol. The fourth-order valence-electron chi connectivity index (χ4n) is 4.38. The Bertz CT molecular complexity index is 980. The highest BCUT2D eigenvalue weighted by molar-refractivity contribution is 5.90. The van der Waals surface area contributed by atoms with E-state index in [-0.39, 0.29) is 42.8 Å². The third kappa shape index (κ3) is 10.2. The molecule has 2 rings (SSSR count). The first kappa shape index (κ1) is 30.4. The van der Waals surface area contributed by atoms with Crippen LogP contribution in [0, 0.1) is 0 Å². The van der Waals surface area contributed by atoms with E-state index >= 15 is 0 Å². The molecule has 1 fully saturated rings. The van der Waals surface area contributed by atoms with Gasteiger partial charge in [-0.3, -0.25) is 24.2 Å². The number of phenols is 1. The average Bonchev–Trinajstić information content (AvgIpc) is 3.36. The topological polar surface area (TPSA) is 232 Å². The Morgan fingerprint density at radius 2 is 1.76 bits per heavy atom. The number of carbonyl (C=O) groups excluding carboxylic acids is 4. The molecule has 1 saturated heterocycles. The molecule has 13 heteroatoms. The fraction of sp³-hybridized carbons (Fsp3) is 0.560. The number of nitrogens with one attached hydrogen (secondary N) is 2. The molecular weight excluding hydrogens is 492 g/mol. The maximum Gasteiger partial charge on any atom is 0.243 e. The second kappa shape index (κ2) is 15.4. The number of rotatable bonds is 15. The monoisotopic (exact) mass is 532 g/mol. The summed E-state index contributed by atoms with van der Waals surface area (Å²) in [6.45, 7) is 1.13. The van der Waals surface area contributed by atoms with Gasteiger partial charge >= 0.3 is 0 Å². The van der Waals surface area contributed by atoms with Gasteiger partial charge < -0.3 is 43.6 Å². The highest BCUT2D eigenvalue weighted by atomic mass is 16.3. The van der Waals surface area contributed by atoms with Gasteiger partial charge in [-0.05, 0) is 62.8 Å². The van der Waals surface area contributed by atoms with E-state index in [4.69, 9.17) is 22.9 Å². The van der Waals surface area contributed by atoms with Crippen LogP contribution in [0.3, 0.4) is 0 Å². The zero-order valence-corrected chi connectivity index (χ0v) is 21.6. The van der Waals surface area contributed by atoms with Crippen molar-refractivity contribution < 1.29 is 24.3 Å². The van der Waals surface area contributed by atoms with Gasteiger partial charge in [-0.2, -0.15) is 0 Å². The Morgan fingerprint density at radius 1 is 1.05 bits per heavy atom. The molecule has 11 N–H and O–H groups in total. The van der Waals surface area contributed by atoms with Crippen LogP contribution >= 0.6 is 0 Å². The van der Waals surface area contributed by atoms with Crippen LogP contribution in [-0.4, -0.2) is 77.4 Å². The molecule has 4 amide bonds. The van der Waals surface area contributed by atoms with E-state index in [0.717, 1.165) is 5.56 Å². The van der Waals surface area contributed by atoms with Crippen molar-refractivity contribution in [2.75, 3.05) is 19.6 Å². The smallest absolute Gasteiger partial charge is 0.243 e. The molecule has 0 aromatic heterocycles. The number of phenolic OH excluding ortho intramolecular Hbond substituents is 1. The molecule has 38 heavy (non-hydrogen) atoms. The number of guanidine groups is 1. The van der Waals surface area contributed by atoms with Crippen LogP contribution in [0.25, 0.3) is 0 Å². The van der Waals surface area contributed by atoms with Gasteiger partial charge in [0.2, 0.25) is 23.6 Å². The van der Waals surface area contributed by atoms with Crippen LogP contribution in [0.4, 0.5) is 0 Å². The Kier molecular flexibility index (Phi) is 12.3. The number of carbonyl (C=O) groups is 4. The summed E-state index contributed by atoms with van der Waals surface area (Å²) in [5.41, 5.74) is 22.4. The van der Waals surface area contributed by atoms with Gasteiger partial charge in [0.25, 0.3) is 0 Å². The third-order valence-electron chi connectivity index (χ3n) is 6.33. The first-order valence-corrected chi connectivity index (χ1v) is 12.8. The molecule has 3 atom stereocenters. The molecule has 1 aromatic rings. The van der Waals surface area contributed by atoms with Crippen molar-refractivity contribution in [2.45, 2.75) is 69.5 Å². The number of benzene rings is 1. The highest BCUT2D eigenvalue weighted by Crippen LogP contribution is 2.20. The van der Waals surface area contributed by atoms with E-state index in [1.807, 2.05) is 0 Å². The van der Waals surface area contributed by atoms with E-state index < -0.39 is 29.9 Å². The Labute approximate surface area is 222 Å². The molecule has 1 aliphatic rings. The number of primary amides is 1. The van der Waals surface area contributed by atoms with Crippen molar-refractivity contribution in [3.63, 3.8) is 0 Å². The van der Waals surface area contributed by atoms with E-state index in [1.165, 1.54) is 12.1 Å². The van der Waals surface area contributed by atoms with Gasteiger partial charge in [0.05, 0.1) is 6.42 Å². The van der Waals surface area contributed by atoms with Crippen molar-refractivity contribution in [3.05, 3.63) is 29.8 Å². The maximum atomic E-state index is 13.2. The lowest BCUT2D eigenvalue weighted by Gasteiger charge is -2.27. The summed E-state index contributed by atoms with van der Waals surface area (Å²) >= 11 is 0. The van der Waals surface area contributed by atoms with Crippen LogP contribution < -0.4 is 33.6 Å². The minimum absolute atomic E-state index is 0.0639. The molecule has 0 aliphatic carbocycles. The lowest BCUT2D eigenvalue weighted by molar-refractivity contribution is -0.138. The van der Waals surface area contributed by atoms with Crippen molar-refractivity contribution >= 4 is 29.6 Å². The minimum Gasteiger partial charge on any atom is -0.508 e. The predicted molar refractivity (Wildman–Crippen MR) is 142 cm³/mol. The molecule has 1 heterocycles. The van der Waals surface area contributed by atoms with Gasteiger partial charge in [-0.25, -0.2) is 0 Å². The van der Waals surface area contributed by atoms with Gasteiger partial charge in [0.15, 0.2) is 5.96 Å². The third-order valence-corrected chi connectivity index (χ3v) is 6.33. The molecule has 1 aliphatic heterocycles. The summed E-state index contributed by atoms with van der Waals surface area (Å²) in [6, 6.07) is 4.28. The largest absolute Gasteiger partial charge is 0.508 e. The Morgan fingerprint density at radius 3 is 2.39 bits per heavy atom. The second-order valence-electron chi connectivity index (χ2n) is 9.40. The van der Waals surface area contributed by atoms with Gasteiger partial charge in [-0.1, -0.05) is 12.1 Å². The van der Waals surface area contributed by atoms with Crippen molar-refractivity contribution in [1.29, 1.82) is 0 Å². The number of amides is 4. The predicted octanol–water partition coefficient (Wildman–Crippen LogP) is -1.44. The number of hydrogen-bond acceptors (Lipinski definition) is 7. The van der Waals surface area contributed by atoms with Gasteiger partial charge in [-0.15, -0.1) is 0 Å². The number of nitrogens with zero attached hydrogens (tertiary/aromatic N) is 2. The first-order chi connectivity index (χ1) is 18.1. The lowest BCUT2D eigenvalue weighted by atomic mass is 10.0. The van der Waals surface area contributed by atoms with Crippen LogP contribution in [-0.2, 0) is 25.6 Å². The van der Waals surface area contributed by atoms with Gasteiger partial charge in [0.1, 0.15) is 17.8 Å². The fourth-order valence-corrected chi connectivity index (χ4v) is 4.38. The molecule has 0 spiro atoms. The summed E-state index contributed by atoms with van der Waals surface area (Å²) in [7, 11) is 0. The number of hydrogen-bond donors (Lipinski definition) is 7.